The van der Waals surface area contributed by atoms with E-state index in [2.05, 4.69) is 15.0 Å². The van der Waals surface area contributed by atoms with E-state index in [0.29, 0.717) is 46.1 Å². The van der Waals surface area contributed by atoms with Crippen LogP contribution in [-0.2, 0) is 0 Å². The van der Waals surface area contributed by atoms with E-state index in [1.54, 1.807) is 50.0 Å². The minimum atomic E-state index is -0.119. The SMILES string of the molecule is COc1cccc(-c2ncccn2)c1C(=O)N1CC2CCC1C(Oc1ccc(Cl)cn1)C2. The van der Waals surface area contributed by atoms with Gasteiger partial charge >= 0.3 is 0 Å². The first-order chi connectivity index (χ1) is 15.6. The number of carbonyl (C=O) groups excluding carboxylic acids is 1. The molecule has 32 heavy (non-hydrogen) atoms. The van der Waals surface area contributed by atoms with Gasteiger partial charge in [0.1, 0.15) is 11.9 Å². The van der Waals surface area contributed by atoms with Crippen molar-refractivity contribution >= 4 is 17.5 Å². The van der Waals surface area contributed by atoms with E-state index in [4.69, 9.17) is 21.1 Å². The minimum absolute atomic E-state index is 0.0422. The van der Waals surface area contributed by atoms with Crippen molar-refractivity contribution in [3.8, 4) is 23.0 Å². The molecule has 1 aliphatic carbocycles. The van der Waals surface area contributed by atoms with Crippen LogP contribution in [0, 0.1) is 5.92 Å². The highest BCUT2D eigenvalue weighted by atomic mass is 35.5. The third kappa shape index (κ3) is 3.88. The van der Waals surface area contributed by atoms with Crippen LogP contribution in [0.5, 0.6) is 11.6 Å². The molecule has 8 heteroatoms. The summed E-state index contributed by atoms with van der Waals surface area (Å²) >= 11 is 5.95. The van der Waals surface area contributed by atoms with Crippen molar-refractivity contribution in [3.63, 3.8) is 0 Å². The Bertz CT molecular complexity index is 1110. The largest absolute Gasteiger partial charge is 0.496 e. The Kier molecular flexibility index (Phi) is 5.66. The second-order valence-corrected chi connectivity index (χ2v) is 8.57. The van der Waals surface area contributed by atoms with E-state index < -0.39 is 0 Å². The highest BCUT2D eigenvalue weighted by Crippen LogP contribution is 2.40. The number of fused-ring (bicyclic) bond motifs is 3. The number of methoxy groups -OCH3 is 1. The molecule has 3 aliphatic rings. The normalized spacial score (nSPS) is 21.9. The summed E-state index contributed by atoms with van der Waals surface area (Å²) in [5.41, 5.74) is 1.14. The Balaban J connectivity index is 1.47. The van der Waals surface area contributed by atoms with Crippen LogP contribution in [0.3, 0.4) is 0 Å². The second-order valence-electron chi connectivity index (χ2n) is 8.13. The maximum atomic E-state index is 13.9. The molecule has 7 nitrogen and oxygen atoms in total. The Morgan fingerprint density at radius 2 is 1.94 bits per heavy atom. The van der Waals surface area contributed by atoms with Crippen LogP contribution in [-0.4, -0.2) is 51.6 Å². The van der Waals surface area contributed by atoms with Gasteiger partial charge in [-0.25, -0.2) is 15.0 Å². The number of amides is 1. The molecule has 0 radical (unpaired) electrons. The summed E-state index contributed by atoms with van der Waals surface area (Å²) in [7, 11) is 1.57. The summed E-state index contributed by atoms with van der Waals surface area (Å²) in [4.78, 5) is 28.8. The first-order valence-corrected chi connectivity index (χ1v) is 11.1. The molecule has 6 rings (SSSR count). The van der Waals surface area contributed by atoms with Crippen LogP contribution >= 0.6 is 11.6 Å². The number of nitrogens with zero attached hydrogens (tertiary/aromatic N) is 4. The molecule has 0 spiro atoms. The minimum Gasteiger partial charge on any atom is -0.496 e. The molecule has 1 saturated carbocycles. The standard InChI is InChI=1S/C24H23ClN4O3/c1-31-19-5-2-4-17(23-26-10-3-11-27-23)22(19)24(30)29-14-15-6-8-18(29)20(12-15)32-21-9-7-16(25)13-28-21/h2-5,7,9-11,13,15,18,20H,6,8,12,14H2,1H3. The van der Waals surface area contributed by atoms with Gasteiger partial charge in [0, 0.05) is 36.8 Å². The number of carbonyl (C=O) groups is 1. The lowest BCUT2D eigenvalue weighted by molar-refractivity contribution is -0.0314. The highest BCUT2D eigenvalue weighted by molar-refractivity contribution is 6.30. The van der Waals surface area contributed by atoms with Gasteiger partial charge in [-0.05, 0) is 43.4 Å². The number of rotatable bonds is 5. The lowest BCUT2D eigenvalue weighted by Gasteiger charge is -2.49. The molecule has 2 bridgehead atoms. The molecule has 3 aromatic rings. The number of aromatic nitrogens is 3. The lowest BCUT2D eigenvalue weighted by Crippen LogP contribution is -2.59. The number of benzene rings is 1. The van der Waals surface area contributed by atoms with Gasteiger partial charge in [0.15, 0.2) is 5.82 Å². The lowest BCUT2D eigenvalue weighted by atomic mass is 9.77. The Morgan fingerprint density at radius 1 is 1.09 bits per heavy atom. The summed E-state index contributed by atoms with van der Waals surface area (Å²) < 4.78 is 11.8. The van der Waals surface area contributed by atoms with Crippen molar-refractivity contribution in [2.24, 2.45) is 5.92 Å². The Hall–Kier alpha value is -3.19. The molecule has 0 N–H and O–H groups in total. The summed E-state index contributed by atoms with van der Waals surface area (Å²) in [6.45, 7) is 0.699. The molecule has 3 unspecified atom stereocenters. The number of hydrogen-bond donors (Lipinski definition) is 0. The second kappa shape index (κ2) is 8.74. The number of hydrogen-bond acceptors (Lipinski definition) is 6. The van der Waals surface area contributed by atoms with Crippen molar-refractivity contribution in [1.29, 1.82) is 0 Å². The monoisotopic (exact) mass is 450 g/mol. The molecule has 2 aromatic heterocycles. The van der Waals surface area contributed by atoms with Gasteiger partial charge in [-0.2, -0.15) is 0 Å². The summed E-state index contributed by atoms with van der Waals surface area (Å²) in [5, 5.41) is 0.561. The van der Waals surface area contributed by atoms with Crippen molar-refractivity contribution in [1.82, 2.24) is 19.9 Å². The van der Waals surface area contributed by atoms with Crippen LogP contribution in [0.4, 0.5) is 0 Å². The molecule has 3 atom stereocenters. The van der Waals surface area contributed by atoms with Crippen LogP contribution in [0.2, 0.25) is 5.02 Å². The van der Waals surface area contributed by atoms with E-state index in [1.807, 2.05) is 17.0 Å². The molecular formula is C24H23ClN4O3. The highest BCUT2D eigenvalue weighted by Gasteiger charge is 2.45. The predicted octanol–water partition coefficient (Wildman–Crippen LogP) is 4.27. The molecule has 3 fully saturated rings. The average molecular weight is 451 g/mol. The fraction of sp³-hybridized carbons (Fsp3) is 0.333. The first-order valence-electron chi connectivity index (χ1n) is 10.7. The Morgan fingerprint density at radius 3 is 2.66 bits per heavy atom. The number of pyridine rings is 1. The van der Waals surface area contributed by atoms with Gasteiger partial charge < -0.3 is 14.4 Å². The van der Waals surface area contributed by atoms with E-state index in [1.165, 1.54) is 0 Å². The van der Waals surface area contributed by atoms with Crippen molar-refractivity contribution in [2.45, 2.75) is 31.4 Å². The predicted molar refractivity (Wildman–Crippen MR) is 120 cm³/mol. The fourth-order valence-electron chi connectivity index (χ4n) is 4.77. The van der Waals surface area contributed by atoms with Gasteiger partial charge in [0.2, 0.25) is 5.88 Å². The number of ether oxygens (including phenoxy) is 2. The topological polar surface area (TPSA) is 77.4 Å². The van der Waals surface area contributed by atoms with E-state index in [9.17, 15) is 4.79 Å². The smallest absolute Gasteiger partial charge is 0.258 e. The maximum absolute atomic E-state index is 13.9. The zero-order valence-electron chi connectivity index (χ0n) is 17.6. The van der Waals surface area contributed by atoms with Crippen molar-refractivity contribution in [2.75, 3.05) is 13.7 Å². The van der Waals surface area contributed by atoms with Crippen LogP contribution in [0.25, 0.3) is 11.4 Å². The van der Waals surface area contributed by atoms with Gasteiger partial charge in [-0.15, -0.1) is 0 Å². The molecular weight excluding hydrogens is 428 g/mol. The summed E-state index contributed by atoms with van der Waals surface area (Å²) in [6, 6.07) is 10.7. The van der Waals surface area contributed by atoms with Gasteiger partial charge in [0.25, 0.3) is 5.91 Å². The Labute approximate surface area is 191 Å². The molecule has 1 aromatic carbocycles. The number of piperidine rings is 2. The average Bonchev–Trinajstić information content (AvgIpc) is 2.85. The molecule has 2 saturated heterocycles. The van der Waals surface area contributed by atoms with Gasteiger partial charge in [0.05, 0.1) is 23.7 Å². The number of halogens is 1. The van der Waals surface area contributed by atoms with E-state index in [0.717, 1.165) is 19.3 Å². The summed E-state index contributed by atoms with van der Waals surface area (Å²) in [5.74, 6) is 1.83. The molecule has 1 amide bonds. The van der Waals surface area contributed by atoms with Crippen LogP contribution in [0.15, 0.2) is 55.0 Å². The molecule has 4 heterocycles. The zero-order valence-corrected chi connectivity index (χ0v) is 18.4. The quantitative estimate of drug-likeness (QED) is 0.577. The summed E-state index contributed by atoms with van der Waals surface area (Å²) in [6.07, 6.45) is 7.67. The van der Waals surface area contributed by atoms with Gasteiger partial charge in [-0.1, -0.05) is 23.7 Å². The van der Waals surface area contributed by atoms with Crippen molar-refractivity contribution in [3.05, 3.63) is 65.6 Å². The first kappa shape index (κ1) is 20.7. The maximum Gasteiger partial charge on any atom is 0.258 e. The fourth-order valence-corrected chi connectivity index (χ4v) is 4.88. The van der Waals surface area contributed by atoms with Crippen LogP contribution < -0.4 is 9.47 Å². The third-order valence-corrected chi connectivity index (χ3v) is 6.44. The van der Waals surface area contributed by atoms with Crippen LogP contribution in [0.1, 0.15) is 29.6 Å². The van der Waals surface area contributed by atoms with Crippen molar-refractivity contribution < 1.29 is 14.3 Å². The molecule has 164 valence electrons. The third-order valence-electron chi connectivity index (χ3n) is 6.22. The van der Waals surface area contributed by atoms with E-state index >= 15 is 0 Å². The zero-order chi connectivity index (χ0) is 22.1. The van der Waals surface area contributed by atoms with Gasteiger partial charge in [-0.3, -0.25) is 4.79 Å². The van der Waals surface area contributed by atoms with E-state index in [-0.39, 0.29) is 18.1 Å². The molecule has 2 aliphatic heterocycles.